The number of benzene rings is 1. The van der Waals surface area contributed by atoms with E-state index in [9.17, 15) is 22.4 Å². The molecule has 0 aliphatic rings. The first-order valence-corrected chi connectivity index (χ1v) is 7.04. The number of aromatic nitrogens is 2. The fourth-order valence-electron chi connectivity index (χ4n) is 2.12. The van der Waals surface area contributed by atoms with Gasteiger partial charge in [-0.1, -0.05) is 12.1 Å². The van der Waals surface area contributed by atoms with Gasteiger partial charge in [-0.15, -0.1) is 0 Å². The summed E-state index contributed by atoms with van der Waals surface area (Å²) in [6, 6.07) is 9.65. The third kappa shape index (κ3) is 4.03. The van der Waals surface area contributed by atoms with Gasteiger partial charge in [0.1, 0.15) is 23.0 Å². The number of nitrogens with one attached hydrogen (secondary N) is 1. The number of aromatic amines is 1. The molecule has 0 spiro atoms. The second kappa shape index (κ2) is 6.39. The summed E-state index contributed by atoms with van der Waals surface area (Å²) in [5.41, 5.74) is -1.94. The summed E-state index contributed by atoms with van der Waals surface area (Å²) in [6.45, 7) is 0. The van der Waals surface area contributed by atoms with E-state index >= 15 is 0 Å². The molecule has 0 aliphatic carbocycles. The smallest absolute Gasteiger partial charge is 0.431 e. The summed E-state index contributed by atoms with van der Waals surface area (Å²) in [4.78, 5) is 16.3. The SMILES string of the molecule is O=c1nc(/C=C\c2ccc(-c3cccc(F)c3)o2)cc(C(F)(F)F)[nH]1. The lowest BCUT2D eigenvalue weighted by molar-refractivity contribution is -0.141. The number of hydrogen-bond acceptors (Lipinski definition) is 3. The van der Waals surface area contributed by atoms with Crippen molar-refractivity contribution in [2.24, 2.45) is 0 Å². The van der Waals surface area contributed by atoms with Gasteiger partial charge < -0.3 is 9.40 Å². The van der Waals surface area contributed by atoms with E-state index in [1.54, 1.807) is 23.2 Å². The van der Waals surface area contributed by atoms with Gasteiger partial charge in [0.05, 0.1) is 5.69 Å². The molecule has 128 valence electrons. The van der Waals surface area contributed by atoms with E-state index < -0.39 is 23.4 Å². The first kappa shape index (κ1) is 16.7. The van der Waals surface area contributed by atoms with Crippen LogP contribution >= 0.6 is 0 Å². The van der Waals surface area contributed by atoms with Gasteiger partial charge in [0.25, 0.3) is 0 Å². The molecule has 0 atom stereocenters. The minimum Gasteiger partial charge on any atom is -0.457 e. The normalized spacial score (nSPS) is 12.0. The van der Waals surface area contributed by atoms with E-state index in [0.717, 1.165) is 0 Å². The van der Waals surface area contributed by atoms with Crippen molar-refractivity contribution in [3.05, 3.63) is 75.9 Å². The molecule has 2 heterocycles. The van der Waals surface area contributed by atoms with Crippen molar-refractivity contribution in [1.29, 1.82) is 0 Å². The van der Waals surface area contributed by atoms with Crippen LogP contribution in [0.15, 0.2) is 51.7 Å². The first-order valence-electron chi connectivity index (χ1n) is 7.04. The van der Waals surface area contributed by atoms with Gasteiger partial charge >= 0.3 is 11.9 Å². The molecule has 0 fully saturated rings. The summed E-state index contributed by atoms with van der Waals surface area (Å²) >= 11 is 0. The molecule has 3 aromatic rings. The highest BCUT2D eigenvalue weighted by Crippen LogP contribution is 2.27. The van der Waals surface area contributed by atoms with E-state index in [2.05, 4.69) is 4.98 Å². The zero-order chi connectivity index (χ0) is 18.0. The second-order valence-corrected chi connectivity index (χ2v) is 5.07. The molecule has 8 heteroatoms. The summed E-state index contributed by atoms with van der Waals surface area (Å²) in [5.74, 6) is 0.294. The van der Waals surface area contributed by atoms with Crippen LogP contribution < -0.4 is 5.69 Å². The molecule has 0 amide bonds. The molecule has 4 nitrogen and oxygen atoms in total. The Morgan fingerprint density at radius 1 is 1.08 bits per heavy atom. The molecule has 0 saturated carbocycles. The zero-order valence-corrected chi connectivity index (χ0v) is 12.5. The standard InChI is InChI=1S/C17H10F4N2O2/c18-11-3-1-2-10(8-11)14-7-6-13(25-14)5-4-12-9-15(17(19,20)21)23-16(24)22-12/h1-9H,(H,22,23,24)/b5-4-. The lowest BCUT2D eigenvalue weighted by Gasteiger charge is -2.05. The Hall–Kier alpha value is -3.16. The highest BCUT2D eigenvalue weighted by molar-refractivity contribution is 5.67. The van der Waals surface area contributed by atoms with E-state index in [1.165, 1.54) is 30.4 Å². The Labute approximate surface area is 138 Å². The molecule has 3 rings (SSSR count). The van der Waals surface area contributed by atoms with Crippen molar-refractivity contribution in [3.63, 3.8) is 0 Å². The Kier molecular flexibility index (Phi) is 4.26. The van der Waals surface area contributed by atoms with Crippen molar-refractivity contribution < 1.29 is 22.0 Å². The van der Waals surface area contributed by atoms with Gasteiger partial charge in [0.15, 0.2) is 0 Å². The molecule has 1 N–H and O–H groups in total. The first-order chi connectivity index (χ1) is 11.8. The van der Waals surface area contributed by atoms with Crippen molar-refractivity contribution in [2.45, 2.75) is 6.18 Å². The van der Waals surface area contributed by atoms with Crippen LogP contribution in [0.4, 0.5) is 17.6 Å². The van der Waals surface area contributed by atoms with Gasteiger partial charge in [-0.2, -0.15) is 18.2 Å². The van der Waals surface area contributed by atoms with Crippen molar-refractivity contribution in [1.82, 2.24) is 9.97 Å². The Morgan fingerprint density at radius 3 is 2.60 bits per heavy atom. The van der Waals surface area contributed by atoms with Gasteiger partial charge in [-0.25, -0.2) is 9.18 Å². The van der Waals surface area contributed by atoms with Crippen LogP contribution in [0.5, 0.6) is 0 Å². The van der Waals surface area contributed by atoms with E-state index in [-0.39, 0.29) is 5.69 Å². The minimum atomic E-state index is -4.68. The molecule has 1 aromatic carbocycles. The lowest BCUT2D eigenvalue weighted by Crippen LogP contribution is -2.19. The average Bonchev–Trinajstić information content (AvgIpc) is 3.01. The second-order valence-electron chi connectivity index (χ2n) is 5.07. The molecule has 25 heavy (non-hydrogen) atoms. The maximum absolute atomic E-state index is 13.2. The van der Waals surface area contributed by atoms with Crippen LogP contribution in [0, 0.1) is 5.82 Å². The topological polar surface area (TPSA) is 58.9 Å². The zero-order valence-electron chi connectivity index (χ0n) is 12.5. The molecular weight excluding hydrogens is 340 g/mol. The van der Waals surface area contributed by atoms with Crippen molar-refractivity contribution in [2.75, 3.05) is 0 Å². The van der Waals surface area contributed by atoms with Crippen molar-refractivity contribution in [3.8, 4) is 11.3 Å². The van der Waals surface area contributed by atoms with Crippen LogP contribution in [-0.4, -0.2) is 9.97 Å². The van der Waals surface area contributed by atoms with Gasteiger partial charge in [-0.3, -0.25) is 0 Å². The lowest BCUT2D eigenvalue weighted by atomic mass is 10.2. The molecule has 0 aliphatic heterocycles. The number of alkyl halides is 3. The van der Waals surface area contributed by atoms with E-state index in [0.29, 0.717) is 23.2 Å². The third-order valence-corrected chi connectivity index (χ3v) is 3.22. The fourth-order valence-corrected chi connectivity index (χ4v) is 2.12. The summed E-state index contributed by atoms with van der Waals surface area (Å²) in [7, 11) is 0. The number of H-pyrrole nitrogens is 1. The van der Waals surface area contributed by atoms with Crippen molar-refractivity contribution >= 4 is 12.2 Å². The number of rotatable bonds is 3. The number of hydrogen-bond donors (Lipinski definition) is 1. The molecule has 2 aromatic heterocycles. The number of halogens is 4. The molecular formula is C17H10F4N2O2. The highest BCUT2D eigenvalue weighted by Gasteiger charge is 2.32. The summed E-state index contributed by atoms with van der Waals surface area (Å²) in [6.07, 6.45) is -2.09. The molecule has 0 bridgehead atoms. The van der Waals surface area contributed by atoms with Gasteiger partial charge in [0.2, 0.25) is 0 Å². The molecule has 0 unspecified atom stereocenters. The van der Waals surface area contributed by atoms with E-state index in [4.69, 9.17) is 4.42 Å². The van der Waals surface area contributed by atoms with Crippen LogP contribution in [-0.2, 0) is 6.18 Å². The Balaban J connectivity index is 1.86. The predicted octanol–water partition coefficient (Wildman–Crippen LogP) is 4.36. The minimum absolute atomic E-state index is 0.167. The largest absolute Gasteiger partial charge is 0.457 e. The summed E-state index contributed by atoms with van der Waals surface area (Å²) in [5, 5.41) is 0. The number of nitrogens with zero attached hydrogens (tertiary/aromatic N) is 1. The average molecular weight is 350 g/mol. The van der Waals surface area contributed by atoms with E-state index in [1.807, 2.05) is 0 Å². The predicted molar refractivity (Wildman–Crippen MR) is 82.9 cm³/mol. The fraction of sp³-hybridized carbons (Fsp3) is 0.0588. The third-order valence-electron chi connectivity index (χ3n) is 3.22. The summed E-state index contributed by atoms with van der Waals surface area (Å²) < 4.78 is 56.7. The number of furan rings is 1. The molecule has 0 saturated heterocycles. The highest BCUT2D eigenvalue weighted by atomic mass is 19.4. The van der Waals surface area contributed by atoms with Crippen LogP contribution in [0.3, 0.4) is 0 Å². The van der Waals surface area contributed by atoms with Crippen LogP contribution in [0.25, 0.3) is 23.5 Å². The van der Waals surface area contributed by atoms with Gasteiger partial charge in [0, 0.05) is 5.56 Å². The monoisotopic (exact) mass is 350 g/mol. The van der Waals surface area contributed by atoms with Crippen LogP contribution in [0.1, 0.15) is 17.1 Å². The Bertz CT molecular complexity index is 987. The Morgan fingerprint density at radius 2 is 1.88 bits per heavy atom. The maximum Gasteiger partial charge on any atom is 0.431 e. The quantitative estimate of drug-likeness (QED) is 0.714. The maximum atomic E-state index is 13.2. The van der Waals surface area contributed by atoms with Crippen LogP contribution in [0.2, 0.25) is 0 Å². The molecule has 0 radical (unpaired) electrons. The van der Waals surface area contributed by atoms with Gasteiger partial charge in [-0.05, 0) is 42.5 Å².